The Hall–Kier alpha value is -4.85. The van der Waals surface area contributed by atoms with Crippen LogP contribution in [0.15, 0.2) is 81.8 Å². The molecule has 1 aliphatic carbocycles. The van der Waals surface area contributed by atoms with E-state index in [0.717, 1.165) is 52.3 Å². The maximum atomic E-state index is 12.4. The summed E-state index contributed by atoms with van der Waals surface area (Å²) in [6.07, 6.45) is 8.37. The average Bonchev–Trinajstić information content (AvgIpc) is 3.57. The van der Waals surface area contributed by atoms with E-state index in [1.165, 1.54) is 18.2 Å². The minimum atomic E-state index is -4.46. The van der Waals surface area contributed by atoms with Crippen LogP contribution < -0.4 is 19.7 Å². The monoisotopic (exact) mass is 776 g/mol. The molecule has 0 saturated carbocycles. The van der Waals surface area contributed by atoms with Crippen LogP contribution in [0.4, 0.5) is 5.69 Å². The van der Waals surface area contributed by atoms with Crippen molar-refractivity contribution in [2.45, 2.75) is 89.4 Å². The molecule has 1 aromatic heterocycles. The Morgan fingerprint density at radius 2 is 1.69 bits per heavy atom. The molecule has 2 aliphatic heterocycles. The summed E-state index contributed by atoms with van der Waals surface area (Å²) < 4.78 is 49.6. The SMILES string of the molecule is CC[N+](CC)=c1ccc2c(C(C)(C)C)cc(C=CC=C3N(CCCCCC(=O)On4c(O)ccc4O)c4ccc(S(=O)(=O)O)cc4C3(C)CCOC)oc-2c1. The normalized spacial score (nSPS) is 16.7. The summed E-state index contributed by atoms with van der Waals surface area (Å²) in [5, 5.41) is 20.7. The summed E-state index contributed by atoms with van der Waals surface area (Å²) in [6.45, 7) is 15.6. The number of benzene rings is 2. The summed E-state index contributed by atoms with van der Waals surface area (Å²) in [5.74, 6) is 0.131. The van der Waals surface area contributed by atoms with Crippen LogP contribution in [0.25, 0.3) is 17.4 Å². The first-order valence-corrected chi connectivity index (χ1v) is 20.2. The second kappa shape index (κ2) is 16.9. The molecular formula is C42H54N3O9S+. The summed E-state index contributed by atoms with van der Waals surface area (Å²) in [6, 6.07) is 15.6. The molecule has 0 bridgehead atoms. The predicted octanol–water partition coefficient (Wildman–Crippen LogP) is 6.88. The Kier molecular flexibility index (Phi) is 12.7. The van der Waals surface area contributed by atoms with Crippen molar-refractivity contribution in [2.24, 2.45) is 0 Å². The number of aromatic hydroxyl groups is 2. The topological polar surface area (TPSA) is 155 Å². The van der Waals surface area contributed by atoms with Crippen molar-refractivity contribution in [3.8, 4) is 23.1 Å². The Bertz CT molecular complexity index is 2200. The van der Waals surface area contributed by atoms with E-state index in [1.54, 1.807) is 19.2 Å². The largest absolute Gasteiger partial charge is 0.492 e. The van der Waals surface area contributed by atoms with Gasteiger partial charge in [-0.2, -0.15) is 8.42 Å². The highest BCUT2D eigenvalue weighted by Gasteiger charge is 2.43. The number of ether oxygens (including phenoxy) is 1. The Balaban J connectivity index is 1.49. The molecule has 1 aromatic carbocycles. The number of nitrogens with zero attached hydrogens (tertiary/aromatic N) is 3. The molecule has 296 valence electrons. The predicted molar refractivity (Wildman–Crippen MR) is 213 cm³/mol. The Labute approximate surface area is 323 Å². The molecule has 5 rings (SSSR count). The van der Waals surface area contributed by atoms with E-state index in [9.17, 15) is 28.0 Å². The van der Waals surface area contributed by atoms with Gasteiger partial charge in [-0.15, -0.1) is 4.73 Å². The third kappa shape index (κ3) is 9.17. The van der Waals surface area contributed by atoms with Gasteiger partial charge < -0.3 is 29.1 Å². The minimum Gasteiger partial charge on any atom is -0.492 e. The fourth-order valence-corrected chi connectivity index (χ4v) is 7.78. The molecule has 0 saturated heterocycles. The molecule has 0 amide bonds. The van der Waals surface area contributed by atoms with E-state index in [2.05, 4.69) is 68.4 Å². The second-order valence-corrected chi connectivity index (χ2v) is 16.5. The van der Waals surface area contributed by atoms with E-state index in [-0.39, 0.29) is 28.5 Å². The van der Waals surface area contributed by atoms with Crippen LogP contribution in [0.3, 0.4) is 0 Å². The van der Waals surface area contributed by atoms with Gasteiger partial charge in [0.05, 0.1) is 11.0 Å². The van der Waals surface area contributed by atoms with Gasteiger partial charge in [-0.3, -0.25) is 4.55 Å². The molecule has 3 aliphatic rings. The van der Waals surface area contributed by atoms with Crippen molar-refractivity contribution in [3.63, 3.8) is 0 Å². The first kappa shape index (κ1) is 41.3. The molecule has 2 aromatic rings. The molecule has 55 heavy (non-hydrogen) atoms. The molecule has 1 atom stereocenters. The lowest BCUT2D eigenvalue weighted by Crippen LogP contribution is -2.30. The van der Waals surface area contributed by atoms with Gasteiger partial charge in [-0.05, 0) is 99.1 Å². The maximum absolute atomic E-state index is 12.4. The van der Waals surface area contributed by atoms with E-state index < -0.39 is 21.5 Å². The quantitative estimate of drug-likeness (QED) is 0.0662. The van der Waals surface area contributed by atoms with Crippen LogP contribution in [0, 0.1) is 0 Å². The number of unbranched alkanes of at least 4 members (excludes halogenated alkanes) is 2. The van der Waals surface area contributed by atoms with E-state index >= 15 is 0 Å². The molecule has 0 spiro atoms. The lowest BCUT2D eigenvalue weighted by molar-refractivity contribution is -0.145. The van der Waals surface area contributed by atoms with Crippen molar-refractivity contribution < 1.29 is 42.0 Å². The third-order valence-electron chi connectivity index (χ3n) is 10.3. The Morgan fingerprint density at radius 3 is 2.33 bits per heavy atom. The summed E-state index contributed by atoms with van der Waals surface area (Å²) >= 11 is 0. The van der Waals surface area contributed by atoms with Gasteiger partial charge in [-0.1, -0.05) is 33.3 Å². The van der Waals surface area contributed by atoms with Crippen LogP contribution in [0.2, 0.25) is 0 Å². The van der Waals surface area contributed by atoms with E-state index in [4.69, 9.17) is 14.0 Å². The number of aromatic nitrogens is 1. The van der Waals surface area contributed by atoms with Crippen molar-refractivity contribution in [1.29, 1.82) is 0 Å². The van der Waals surface area contributed by atoms with Gasteiger partial charge in [0.15, 0.2) is 0 Å². The highest BCUT2D eigenvalue weighted by atomic mass is 32.2. The molecule has 13 heteroatoms. The van der Waals surface area contributed by atoms with Crippen LogP contribution in [-0.4, -0.2) is 67.2 Å². The number of allylic oxidation sites excluding steroid dienone is 3. The zero-order valence-corrected chi connectivity index (χ0v) is 33.6. The number of carbonyl (C=O) groups excluding carboxylic acids is 1. The van der Waals surface area contributed by atoms with Crippen molar-refractivity contribution in [2.75, 3.05) is 38.3 Å². The van der Waals surface area contributed by atoms with Gasteiger partial charge in [0.2, 0.25) is 17.1 Å². The summed E-state index contributed by atoms with van der Waals surface area (Å²) in [5.41, 5.74) is 3.88. The van der Waals surface area contributed by atoms with Crippen molar-refractivity contribution in [3.05, 3.63) is 94.7 Å². The zero-order chi connectivity index (χ0) is 40.1. The molecule has 3 heterocycles. The van der Waals surface area contributed by atoms with Gasteiger partial charge in [0.25, 0.3) is 10.1 Å². The minimum absolute atomic E-state index is 0.0740. The highest BCUT2D eigenvalue weighted by molar-refractivity contribution is 7.85. The molecule has 12 nitrogen and oxygen atoms in total. The van der Waals surface area contributed by atoms with Crippen LogP contribution >= 0.6 is 0 Å². The first-order chi connectivity index (χ1) is 26.0. The molecule has 1 unspecified atom stereocenters. The van der Waals surface area contributed by atoms with E-state index in [0.29, 0.717) is 49.3 Å². The fourth-order valence-electron chi connectivity index (χ4n) is 7.28. The van der Waals surface area contributed by atoms with Crippen molar-refractivity contribution >= 4 is 27.9 Å². The van der Waals surface area contributed by atoms with Gasteiger partial charge >= 0.3 is 5.97 Å². The summed E-state index contributed by atoms with van der Waals surface area (Å²) in [7, 11) is -2.84. The van der Waals surface area contributed by atoms with Crippen LogP contribution in [0.1, 0.15) is 90.5 Å². The standard InChI is InChI=1S/C42H53N3O9S/c1-8-43(9-2)29-17-19-32-33(41(3,4)5)27-30(53-36(32)26-29)14-13-15-37-42(6,23-25-52-7)34-28-31(55(49,50)51)18-20-35(34)44(37)24-12-10-11-16-40(48)54-45-38(46)21-22-39(45)47/h13-15,17-22,26-28H,8-12,16,23-25H2,1-7H3,(H2-,46,47,49,50,51)/p+1. The number of carbonyl (C=O) groups is 1. The lowest BCUT2D eigenvalue weighted by atomic mass is 9.78. The molecule has 0 fully saturated rings. The van der Waals surface area contributed by atoms with Gasteiger partial charge in [0, 0.05) is 67.2 Å². The second-order valence-electron chi connectivity index (χ2n) is 15.1. The van der Waals surface area contributed by atoms with Gasteiger partial charge in [-0.25, -0.2) is 9.37 Å². The Morgan fingerprint density at radius 1 is 0.982 bits per heavy atom. The molecular weight excluding hydrogens is 723 g/mol. The number of fused-ring (bicyclic) bond motifs is 2. The fraction of sp³-hybridized carbons (Fsp3) is 0.429. The van der Waals surface area contributed by atoms with Crippen molar-refractivity contribution in [1.82, 2.24) is 9.31 Å². The first-order valence-electron chi connectivity index (χ1n) is 18.8. The molecule has 3 N–H and O–H groups in total. The lowest BCUT2D eigenvalue weighted by Gasteiger charge is -2.30. The number of rotatable bonds is 15. The van der Waals surface area contributed by atoms with Crippen LogP contribution in [0.5, 0.6) is 11.8 Å². The van der Waals surface area contributed by atoms with E-state index in [1.807, 2.05) is 25.2 Å². The number of anilines is 1. The maximum Gasteiger partial charge on any atom is 0.333 e. The highest BCUT2D eigenvalue weighted by Crippen LogP contribution is 2.51. The van der Waals surface area contributed by atoms with Gasteiger partial charge in [0.1, 0.15) is 24.6 Å². The summed E-state index contributed by atoms with van der Waals surface area (Å²) in [4.78, 5) is 19.5. The van der Waals surface area contributed by atoms with Crippen LogP contribution in [-0.2, 0) is 30.5 Å². The molecule has 0 radical (unpaired) electrons. The zero-order valence-electron chi connectivity index (χ0n) is 32.8. The number of methoxy groups -OCH3 is 1. The third-order valence-corrected chi connectivity index (χ3v) is 11.1. The number of hydrogen-bond acceptors (Lipinski definition) is 9. The average molecular weight is 777 g/mol. The smallest absolute Gasteiger partial charge is 0.333 e. The number of hydrogen-bond donors (Lipinski definition) is 3.